The van der Waals surface area contributed by atoms with E-state index in [1.165, 1.54) is 5.38 Å². The topological polar surface area (TPSA) is 158 Å². The fourth-order valence-corrected chi connectivity index (χ4v) is 6.14. The van der Waals surface area contributed by atoms with Gasteiger partial charge in [-0.05, 0) is 56.7 Å². The maximum absolute atomic E-state index is 13.5. The van der Waals surface area contributed by atoms with E-state index in [0.29, 0.717) is 12.8 Å². The molecule has 0 spiro atoms. The number of Topliss-reactive ketones (excluding diaryl/α,β-unsaturated/α-hetero) is 1. The number of rotatable bonds is 17. The third-order valence-electron chi connectivity index (χ3n) is 8.50. The number of nitrogens with zero attached hydrogens (tertiary/aromatic N) is 2. The van der Waals surface area contributed by atoms with Gasteiger partial charge in [-0.1, -0.05) is 64.4 Å². The highest BCUT2D eigenvalue weighted by Gasteiger charge is 2.34. The van der Waals surface area contributed by atoms with E-state index in [9.17, 15) is 24.0 Å². The maximum atomic E-state index is 13.5. The summed E-state index contributed by atoms with van der Waals surface area (Å²) < 4.78 is 0. The number of carbonyl (C=O) groups excluding carboxylic acids is 4. The first-order valence-corrected chi connectivity index (χ1v) is 16.6. The molecule has 3 amide bonds. The van der Waals surface area contributed by atoms with Crippen molar-refractivity contribution < 1.29 is 29.1 Å². The molecular formula is C33H47N5O6S. The highest BCUT2D eigenvalue weighted by Crippen LogP contribution is 2.19. The summed E-state index contributed by atoms with van der Waals surface area (Å²) in [5, 5.41) is 19.7. The second kappa shape index (κ2) is 17.2. The molecule has 2 heterocycles. The molecule has 0 saturated carbocycles. The number of aromatic nitrogens is 1. The molecule has 45 heavy (non-hydrogen) atoms. The summed E-state index contributed by atoms with van der Waals surface area (Å²) in [5.41, 5.74) is 1.04. The Morgan fingerprint density at radius 3 is 2.38 bits per heavy atom. The molecule has 3 rings (SSSR count). The molecule has 2 aromatic rings. The summed E-state index contributed by atoms with van der Waals surface area (Å²) in [5.74, 6) is -2.40. The van der Waals surface area contributed by atoms with Crippen molar-refractivity contribution in [3.63, 3.8) is 0 Å². The Morgan fingerprint density at radius 1 is 1.07 bits per heavy atom. The van der Waals surface area contributed by atoms with Crippen LogP contribution < -0.4 is 16.0 Å². The predicted octanol–water partition coefficient (Wildman–Crippen LogP) is 3.69. The number of aliphatic carboxylic acids is 1. The van der Waals surface area contributed by atoms with Crippen molar-refractivity contribution in [3.8, 4) is 0 Å². The average molecular weight is 642 g/mol. The van der Waals surface area contributed by atoms with Crippen molar-refractivity contribution in [1.29, 1.82) is 0 Å². The van der Waals surface area contributed by atoms with E-state index in [-0.39, 0.29) is 65.4 Å². The minimum atomic E-state index is -0.949. The highest BCUT2D eigenvalue weighted by molar-refractivity contribution is 7.11. The predicted molar refractivity (Wildman–Crippen MR) is 173 cm³/mol. The monoisotopic (exact) mass is 641 g/mol. The molecule has 0 radical (unpaired) electrons. The van der Waals surface area contributed by atoms with Crippen LogP contribution in [0.3, 0.4) is 0 Å². The molecule has 1 aromatic carbocycles. The van der Waals surface area contributed by atoms with E-state index < -0.39 is 30.0 Å². The number of amides is 3. The lowest BCUT2D eigenvalue weighted by Crippen LogP contribution is -2.56. The Balaban J connectivity index is 1.64. The molecule has 4 N–H and O–H groups in total. The van der Waals surface area contributed by atoms with Gasteiger partial charge >= 0.3 is 5.97 Å². The zero-order valence-corrected chi connectivity index (χ0v) is 27.7. The summed E-state index contributed by atoms with van der Waals surface area (Å²) in [6.45, 7) is 8.55. The lowest BCUT2D eigenvalue weighted by Gasteiger charge is -2.29. The van der Waals surface area contributed by atoms with Crippen LogP contribution in [0.4, 0.5) is 0 Å². The largest absolute Gasteiger partial charge is 0.481 e. The molecule has 0 bridgehead atoms. The van der Waals surface area contributed by atoms with Gasteiger partial charge in [0, 0.05) is 30.3 Å². The fourth-order valence-electron chi connectivity index (χ4n) is 5.39. The Kier molecular flexibility index (Phi) is 13.7. The van der Waals surface area contributed by atoms with Crippen molar-refractivity contribution in [2.24, 2.45) is 11.8 Å². The highest BCUT2D eigenvalue weighted by atomic mass is 32.1. The number of thiazole rings is 1. The second-order valence-electron chi connectivity index (χ2n) is 12.3. The van der Waals surface area contributed by atoms with Crippen molar-refractivity contribution in [2.75, 3.05) is 13.6 Å². The van der Waals surface area contributed by atoms with Gasteiger partial charge in [0.15, 0.2) is 10.8 Å². The van der Waals surface area contributed by atoms with Gasteiger partial charge in [0.05, 0.1) is 6.04 Å². The lowest BCUT2D eigenvalue weighted by atomic mass is 9.94. The molecule has 11 nitrogen and oxygen atoms in total. The van der Waals surface area contributed by atoms with Gasteiger partial charge in [0.2, 0.25) is 11.8 Å². The molecule has 1 saturated heterocycles. The quantitative estimate of drug-likeness (QED) is 0.191. The van der Waals surface area contributed by atoms with E-state index in [0.717, 1.165) is 36.3 Å². The number of likely N-dealkylation sites (tertiary alicyclic amines) is 1. The van der Waals surface area contributed by atoms with Crippen LogP contribution in [0.2, 0.25) is 0 Å². The smallest absolute Gasteiger partial charge is 0.303 e. The van der Waals surface area contributed by atoms with Crippen LogP contribution in [0.15, 0.2) is 35.7 Å². The van der Waals surface area contributed by atoms with Crippen molar-refractivity contribution >= 4 is 40.8 Å². The van der Waals surface area contributed by atoms with E-state index in [4.69, 9.17) is 5.11 Å². The molecule has 246 valence electrons. The summed E-state index contributed by atoms with van der Waals surface area (Å²) in [6.07, 6.45) is 2.98. The van der Waals surface area contributed by atoms with Crippen LogP contribution in [0.5, 0.6) is 0 Å². The number of hydrogen-bond donors (Lipinski definition) is 4. The first kappa shape index (κ1) is 35.8. The third-order valence-corrected chi connectivity index (χ3v) is 9.38. The van der Waals surface area contributed by atoms with Crippen LogP contribution in [0.1, 0.15) is 92.1 Å². The van der Waals surface area contributed by atoms with Gasteiger partial charge in [0.1, 0.15) is 11.7 Å². The van der Waals surface area contributed by atoms with Crippen molar-refractivity contribution in [2.45, 2.75) is 96.8 Å². The van der Waals surface area contributed by atoms with E-state index >= 15 is 0 Å². The normalized spacial score (nSPS) is 17.7. The van der Waals surface area contributed by atoms with Gasteiger partial charge < -0.3 is 21.1 Å². The number of hydrogen-bond acceptors (Lipinski definition) is 8. The number of carboxylic acid groups (broad SMARTS) is 1. The minimum absolute atomic E-state index is 0.0141. The first-order valence-electron chi connectivity index (χ1n) is 15.8. The third kappa shape index (κ3) is 10.7. The zero-order valence-electron chi connectivity index (χ0n) is 26.9. The molecule has 1 aromatic heterocycles. The number of likely N-dealkylation sites (N-methyl/N-ethyl adjacent to an activating group) is 1. The standard InChI is InChI=1S/C33H47N5O6S/c1-6-21(4)29(37-31(43)26-13-10-16-38(26)5)32(44)35-24(20(2)3)18-27(39)33-36-25(19-45-33)30(42)34-23(14-15-28(40)41)17-22-11-8-7-9-12-22/h7-9,11-12,19-21,23-24,26,29H,6,10,13-18H2,1-5H3,(H,34,42)(H,35,44)(H,37,43)(H,40,41)/t21-,23+,24+,26-,29-/m0/s1. The van der Waals surface area contributed by atoms with Crippen LogP contribution >= 0.6 is 11.3 Å². The van der Waals surface area contributed by atoms with Crippen molar-refractivity contribution in [1.82, 2.24) is 25.8 Å². The Morgan fingerprint density at radius 2 is 1.78 bits per heavy atom. The maximum Gasteiger partial charge on any atom is 0.303 e. The van der Waals surface area contributed by atoms with Crippen molar-refractivity contribution in [3.05, 3.63) is 52.0 Å². The number of nitrogens with one attached hydrogen (secondary N) is 3. The molecule has 1 aliphatic rings. The molecule has 0 unspecified atom stereocenters. The molecule has 0 aliphatic carbocycles. The van der Waals surface area contributed by atoms with Gasteiger partial charge in [0.25, 0.3) is 5.91 Å². The molecule has 1 aliphatic heterocycles. The number of ketones is 1. The Hall–Kier alpha value is -3.64. The van der Waals surface area contributed by atoms with E-state index in [1.54, 1.807) is 0 Å². The minimum Gasteiger partial charge on any atom is -0.481 e. The average Bonchev–Trinajstić information content (AvgIpc) is 3.68. The number of carboxylic acids is 1. The van der Waals surface area contributed by atoms with Gasteiger partial charge in [-0.25, -0.2) is 4.98 Å². The summed E-state index contributed by atoms with van der Waals surface area (Å²) in [4.78, 5) is 70.3. The zero-order chi connectivity index (χ0) is 33.1. The van der Waals surface area contributed by atoms with Crippen LogP contribution in [-0.4, -0.2) is 82.2 Å². The summed E-state index contributed by atoms with van der Waals surface area (Å²) in [7, 11) is 1.91. The van der Waals surface area contributed by atoms with Crippen LogP contribution in [0, 0.1) is 11.8 Å². The molecule has 12 heteroatoms. The van der Waals surface area contributed by atoms with Crippen LogP contribution in [-0.2, 0) is 20.8 Å². The van der Waals surface area contributed by atoms with Crippen LogP contribution in [0.25, 0.3) is 0 Å². The van der Waals surface area contributed by atoms with E-state index in [2.05, 4.69) is 20.9 Å². The Bertz CT molecular complexity index is 1320. The summed E-state index contributed by atoms with van der Waals surface area (Å²) >= 11 is 1.06. The lowest BCUT2D eigenvalue weighted by molar-refractivity contribution is -0.137. The first-order chi connectivity index (χ1) is 21.4. The molecular weight excluding hydrogens is 594 g/mol. The Labute approximate surface area is 269 Å². The summed E-state index contributed by atoms with van der Waals surface area (Å²) in [6, 6.07) is 7.56. The van der Waals surface area contributed by atoms with Gasteiger partial charge in [-0.2, -0.15) is 0 Å². The van der Waals surface area contributed by atoms with Gasteiger partial charge in [-0.15, -0.1) is 11.3 Å². The SMILES string of the molecule is CC[C@H](C)[C@H](NC(=O)[C@@H]1CCCN1C)C(=O)N[C@H](CC(=O)c1nc(C(=O)N[C@H](CCC(=O)O)Cc2ccccc2)cs1)C(C)C. The second-order valence-corrected chi connectivity index (χ2v) is 13.2. The fraction of sp³-hybridized carbons (Fsp3) is 0.576. The number of benzene rings is 1. The molecule has 1 fully saturated rings. The molecule has 5 atom stereocenters. The van der Waals surface area contributed by atoms with E-state index in [1.807, 2.05) is 70.0 Å². The number of carbonyl (C=O) groups is 5. The van der Waals surface area contributed by atoms with Gasteiger partial charge in [-0.3, -0.25) is 28.9 Å².